The molecule has 134 valence electrons. The predicted octanol–water partition coefficient (Wildman–Crippen LogP) is 3.98. The molecule has 0 saturated heterocycles. The van der Waals surface area contributed by atoms with Crippen LogP contribution in [0.3, 0.4) is 0 Å². The average molecular weight is 351 g/mol. The Hall–Kier alpha value is -1.49. The van der Waals surface area contributed by atoms with Crippen molar-refractivity contribution in [1.29, 1.82) is 0 Å². The van der Waals surface area contributed by atoms with Gasteiger partial charge in [-0.3, -0.25) is 9.59 Å². The van der Waals surface area contributed by atoms with Gasteiger partial charge < -0.3 is 10.6 Å². The van der Waals surface area contributed by atoms with Crippen LogP contribution in [0.25, 0.3) is 0 Å². The van der Waals surface area contributed by atoms with Crippen molar-refractivity contribution < 1.29 is 9.59 Å². The zero-order chi connectivity index (χ0) is 18.1. The van der Waals surface area contributed by atoms with E-state index in [-0.39, 0.29) is 17.9 Å². The van der Waals surface area contributed by atoms with Crippen LogP contribution in [-0.2, 0) is 9.59 Å². The van der Waals surface area contributed by atoms with Gasteiger partial charge in [0.05, 0.1) is 5.75 Å². The molecule has 4 nitrogen and oxygen atoms in total. The van der Waals surface area contributed by atoms with Gasteiger partial charge in [0.1, 0.15) is 0 Å². The van der Waals surface area contributed by atoms with Crippen molar-refractivity contribution in [2.75, 3.05) is 16.8 Å². The lowest BCUT2D eigenvalue weighted by atomic mass is 10.0. The summed E-state index contributed by atoms with van der Waals surface area (Å²) in [6.07, 6.45) is 2.19. The summed E-state index contributed by atoms with van der Waals surface area (Å²) in [5, 5.41) is 5.95. The molecule has 0 aromatic heterocycles. The summed E-state index contributed by atoms with van der Waals surface area (Å²) in [4.78, 5) is 23.7. The Bertz CT molecular complexity index is 549. The molecule has 0 unspecified atom stereocenters. The molecule has 0 aliphatic heterocycles. The first-order chi connectivity index (χ1) is 11.3. The SMILES string of the molecule is CC[C@H](C)NC(=O)CSCCCC(=O)Nc1c(C)cc(C)cc1C. The zero-order valence-electron chi connectivity index (χ0n) is 15.5. The highest BCUT2D eigenvalue weighted by Crippen LogP contribution is 2.22. The topological polar surface area (TPSA) is 58.2 Å². The third-order valence-electron chi connectivity index (χ3n) is 3.89. The Morgan fingerprint density at radius 1 is 1.12 bits per heavy atom. The van der Waals surface area contributed by atoms with Crippen LogP contribution in [0.2, 0.25) is 0 Å². The normalized spacial score (nSPS) is 11.9. The first-order valence-electron chi connectivity index (χ1n) is 8.58. The molecular weight excluding hydrogens is 320 g/mol. The van der Waals surface area contributed by atoms with Crippen LogP contribution in [0.5, 0.6) is 0 Å². The second kappa shape index (κ2) is 10.4. The van der Waals surface area contributed by atoms with E-state index in [1.165, 1.54) is 5.56 Å². The van der Waals surface area contributed by atoms with Gasteiger partial charge in [0.25, 0.3) is 0 Å². The molecule has 0 saturated carbocycles. The number of hydrogen-bond acceptors (Lipinski definition) is 3. The Morgan fingerprint density at radius 3 is 2.33 bits per heavy atom. The molecule has 24 heavy (non-hydrogen) atoms. The molecule has 0 aliphatic carbocycles. The first kappa shape index (κ1) is 20.6. The number of carbonyl (C=O) groups excluding carboxylic acids is 2. The monoisotopic (exact) mass is 350 g/mol. The maximum Gasteiger partial charge on any atom is 0.230 e. The second-order valence-corrected chi connectivity index (χ2v) is 7.46. The van der Waals surface area contributed by atoms with Gasteiger partial charge in [-0.1, -0.05) is 24.6 Å². The van der Waals surface area contributed by atoms with E-state index in [0.29, 0.717) is 12.2 Å². The number of thioether (sulfide) groups is 1. The summed E-state index contributed by atoms with van der Waals surface area (Å²) in [6, 6.07) is 4.38. The number of amides is 2. The van der Waals surface area contributed by atoms with Gasteiger partial charge in [-0.15, -0.1) is 0 Å². The first-order valence-corrected chi connectivity index (χ1v) is 9.73. The maximum absolute atomic E-state index is 12.1. The van der Waals surface area contributed by atoms with E-state index in [2.05, 4.69) is 29.7 Å². The van der Waals surface area contributed by atoms with Crippen LogP contribution in [0.15, 0.2) is 12.1 Å². The van der Waals surface area contributed by atoms with Gasteiger partial charge in [0, 0.05) is 18.2 Å². The number of carbonyl (C=O) groups is 2. The molecule has 1 aromatic rings. The van der Waals surface area contributed by atoms with Crippen molar-refractivity contribution in [3.63, 3.8) is 0 Å². The van der Waals surface area contributed by atoms with Crippen molar-refractivity contribution in [2.45, 2.75) is 59.9 Å². The number of aryl methyl sites for hydroxylation is 3. The highest BCUT2D eigenvalue weighted by atomic mass is 32.2. The molecule has 0 radical (unpaired) electrons. The van der Waals surface area contributed by atoms with E-state index in [9.17, 15) is 9.59 Å². The van der Waals surface area contributed by atoms with Gasteiger partial charge >= 0.3 is 0 Å². The molecule has 1 atom stereocenters. The third kappa shape index (κ3) is 7.39. The quantitative estimate of drug-likeness (QED) is 0.662. The van der Waals surface area contributed by atoms with Gasteiger partial charge in [-0.25, -0.2) is 0 Å². The minimum atomic E-state index is 0.0368. The number of nitrogens with one attached hydrogen (secondary N) is 2. The number of rotatable bonds is 9. The van der Waals surface area contributed by atoms with Crippen molar-refractivity contribution in [3.05, 3.63) is 28.8 Å². The molecular formula is C19H30N2O2S. The molecule has 0 fully saturated rings. The summed E-state index contributed by atoms with van der Waals surface area (Å²) in [5.74, 6) is 1.38. The Kier molecular flexibility index (Phi) is 8.90. The highest BCUT2D eigenvalue weighted by Gasteiger charge is 2.09. The minimum Gasteiger partial charge on any atom is -0.353 e. The number of benzene rings is 1. The van der Waals surface area contributed by atoms with Crippen molar-refractivity contribution >= 4 is 29.3 Å². The molecule has 0 heterocycles. The summed E-state index contributed by atoms with van der Waals surface area (Å²) in [5.41, 5.74) is 4.31. The smallest absolute Gasteiger partial charge is 0.230 e. The van der Waals surface area contributed by atoms with Crippen LogP contribution in [0, 0.1) is 20.8 Å². The molecule has 0 aliphatic rings. The lowest BCUT2D eigenvalue weighted by Gasteiger charge is -2.13. The van der Waals surface area contributed by atoms with Crippen LogP contribution >= 0.6 is 11.8 Å². The molecule has 0 spiro atoms. The average Bonchev–Trinajstić information content (AvgIpc) is 2.50. The predicted molar refractivity (Wildman–Crippen MR) is 104 cm³/mol. The largest absolute Gasteiger partial charge is 0.353 e. The van der Waals surface area contributed by atoms with E-state index >= 15 is 0 Å². The fraction of sp³-hybridized carbons (Fsp3) is 0.579. The number of anilines is 1. The summed E-state index contributed by atoms with van der Waals surface area (Å²) < 4.78 is 0. The highest BCUT2D eigenvalue weighted by molar-refractivity contribution is 7.99. The summed E-state index contributed by atoms with van der Waals surface area (Å²) in [7, 11) is 0. The fourth-order valence-corrected chi connectivity index (χ4v) is 3.26. The lowest BCUT2D eigenvalue weighted by molar-refractivity contribution is -0.119. The molecule has 2 N–H and O–H groups in total. The number of hydrogen-bond donors (Lipinski definition) is 2. The van der Waals surface area contributed by atoms with Crippen LogP contribution in [-0.4, -0.2) is 29.4 Å². The van der Waals surface area contributed by atoms with E-state index < -0.39 is 0 Å². The summed E-state index contributed by atoms with van der Waals surface area (Å²) >= 11 is 1.58. The molecule has 2 amide bonds. The van der Waals surface area contributed by atoms with E-state index in [4.69, 9.17) is 0 Å². The molecule has 0 bridgehead atoms. The Labute approximate surface area is 150 Å². The third-order valence-corrected chi connectivity index (χ3v) is 4.93. The van der Waals surface area contributed by atoms with E-state index in [0.717, 1.165) is 35.4 Å². The molecule has 5 heteroatoms. The van der Waals surface area contributed by atoms with Gasteiger partial charge in [-0.2, -0.15) is 11.8 Å². The second-order valence-electron chi connectivity index (χ2n) is 6.35. The van der Waals surface area contributed by atoms with E-state index in [1.807, 2.05) is 27.7 Å². The lowest BCUT2D eigenvalue weighted by Crippen LogP contribution is -2.33. The Balaban J connectivity index is 2.27. The van der Waals surface area contributed by atoms with Crippen LogP contribution in [0.4, 0.5) is 5.69 Å². The van der Waals surface area contributed by atoms with Gasteiger partial charge in [-0.05, 0) is 57.4 Å². The van der Waals surface area contributed by atoms with Gasteiger partial charge in [0.2, 0.25) is 11.8 Å². The van der Waals surface area contributed by atoms with Crippen molar-refractivity contribution in [3.8, 4) is 0 Å². The van der Waals surface area contributed by atoms with Crippen molar-refractivity contribution in [1.82, 2.24) is 5.32 Å². The van der Waals surface area contributed by atoms with Gasteiger partial charge in [0.15, 0.2) is 0 Å². The fourth-order valence-electron chi connectivity index (χ4n) is 2.50. The van der Waals surface area contributed by atoms with Crippen molar-refractivity contribution in [2.24, 2.45) is 0 Å². The Morgan fingerprint density at radius 2 is 1.75 bits per heavy atom. The van der Waals surface area contributed by atoms with Crippen LogP contribution < -0.4 is 10.6 Å². The van der Waals surface area contributed by atoms with E-state index in [1.54, 1.807) is 11.8 Å². The summed E-state index contributed by atoms with van der Waals surface area (Å²) in [6.45, 7) is 10.1. The molecule has 1 rings (SSSR count). The van der Waals surface area contributed by atoms with Crippen LogP contribution in [0.1, 0.15) is 49.8 Å². The molecule has 1 aromatic carbocycles. The zero-order valence-corrected chi connectivity index (χ0v) is 16.3. The maximum atomic E-state index is 12.1. The minimum absolute atomic E-state index is 0.0368. The standard InChI is InChI=1S/C19H30N2O2S/c1-6-16(5)20-18(23)12-24-9-7-8-17(22)21-19-14(3)10-13(2)11-15(19)4/h10-11,16H,6-9,12H2,1-5H3,(H,20,23)(H,21,22)/t16-/m0/s1.